The fourth-order valence-corrected chi connectivity index (χ4v) is 3.56. The van der Waals surface area contributed by atoms with E-state index < -0.39 is 0 Å². The van der Waals surface area contributed by atoms with Crippen molar-refractivity contribution in [2.75, 3.05) is 32.5 Å². The number of hydrogen-bond acceptors (Lipinski definition) is 5. The topological polar surface area (TPSA) is 60.6 Å². The molecular weight excluding hydrogens is 314 g/mol. The summed E-state index contributed by atoms with van der Waals surface area (Å²) in [6.07, 6.45) is 2.73. The molecule has 2 heterocycles. The number of hydrogen-bond donors (Lipinski definition) is 1. The molecular formula is C20H27N3O2. The van der Waals surface area contributed by atoms with Crippen LogP contribution in [-0.2, 0) is 6.61 Å². The van der Waals surface area contributed by atoms with Gasteiger partial charge in [-0.3, -0.25) is 4.98 Å². The van der Waals surface area contributed by atoms with Crippen LogP contribution in [0.1, 0.15) is 43.0 Å². The van der Waals surface area contributed by atoms with E-state index in [1.807, 2.05) is 18.2 Å². The van der Waals surface area contributed by atoms with Crippen molar-refractivity contribution in [2.45, 2.75) is 32.8 Å². The molecule has 1 aliphatic rings. The van der Waals surface area contributed by atoms with E-state index in [0.29, 0.717) is 6.61 Å². The number of aromatic nitrogens is 1. The van der Waals surface area contributed by atoms with Crippen LogP contribution in [0.3, 0.4) is 0 Å². The molecule has 0 spiro atoms. The first-order chi connectivity index (χ1) is 12.2. The molecule has 5 heteroatoms. The lowest BCUT2D eigenvalue weighted by Gasteiger charge is -2.24. The van der Waals surface area contributed by atoms with Crippen molar-refractivity contribution in [3.05, 3.63) is 47.3 Å². The normalized spacial score (nSPS) is 15.9. The van der Waals surface area contributed by atoms with Crippen molar-refractivity contribution >= 4 is 5.69 Å². The molecule has 2 N–H and O–H groups in total. The average Bonchev–Trinajstić information content (AvgIpc) is 2.80. The van der Waals surface area contributed by atoms with Crippen LogP contribution in [0.25, 0.3) is 0 Å². The average molecular weight is 341 g/mol. The number of pyridine rings is 1. The van der Waals surface area contributed by atoms with E-state index in [4.69, 9.17) is 15.2 Å². The number of fused-ring (bicyclic) bond motifs is 2. The fraction of sp³-hybridized carbons (Fsp3) is 0.450. The van der Waals surface area contributed by atoms with Crippen molar-refractivity contribution < 1.29 is 9.47 Å². The van der Waals surface area contributed by atoms with Gasteiger partial charge in [-0.2, -0.15) is 0 Å². The van der Waals surface area contributed by atoms with Crippen LogP contribution in [0.4, 0.5) is 5.69 Å². The first kappa shape index (κ1) is 17.5. The maximum absolute atomic E-state index is 6.36. The lowest BCUT2D eigenvalue weighted by molar-refractivity contribution is 0.293. The predicted octanol–water partition coefficient (Wildman–Crippen LogP) is 3.43. The molecule has 0 saturated carbocycles. The van der Waals surface area contributed by atoms with E-state index in [1.165, 1.54) is 0 Å². The number of nitrogens with two attached hydrogens (primary N) is 1. The molecule has 1 aromatic carbocycles. The molecule has 0 saturated heterocycles. The van der Waals surface area contributed by atoms with Gasteiger partial charge in [0.15, 0.2) is 0 Å². The van der Waals surface area contributed by atoms with E-state index in [2.05, 4.69) is 29.8 Å². The van der Waals surface area contributed by atoms with Crippen LogP contribution in [0.5, 0.6) is 11.5 Å². The van der Waals surface area contributed by atoms with Crippen LogP contribution in [0, 0.1) is 0 Å². The van der Waals surface area contributed by atoms with Crippen molar-refractivity contribution in [2.24, 2.45) is 0 Å². The summed E-state index contributed by atoms with van der Waals surface area (Å²) in [5.41, 5.74) is 10.3. The molecule has 0 radical (unpaired) electrons. The highest BCUT2D eigenvalue weighted by Gasteiger charge is 2.28. The third kappa shape index (κ3) is 3.56. The molecule has 5 nitrogen and oxygen atoms in total. The van der Waals surface area contributed by atoms with Crippen molar-refractivity contribution in [1.29, 1.82) is 0 Å². The van der Waals surface area contributed by atoms with E-state index in [-0.39, 0.29) is 5.92 Å². The predicted molar refractivity (Wildman–Crippen MR) is 100 cm³/mol. The Bertz CT molecular complexity index is 729. The van der Waals surface area contributed by atoms with Gasteiger partial charge in [0, 0.05) is 28.9 Å². The van der Waals surface area contributed by atoms with E-state index >= 15 is 0 Å². The van der Waals surface area contributed by atoms with Gasteiger partial charge in [0.05, 0.1) is 12.8 Å². The lowest BCUT2D eigenvalue weighted by atomic mass is 9.86. The zero-order chi connectivity index (χ0) is 17.8. The number of nitrogens with zero attached hydrogens (tertiary/aromatic N) is 2. The maximum atomic E-state index is 6.36. The monoisotopic (exact) mass is 341 g/mol. The van der Waals surface area contributed by atoms with E-state index in [9.17, 15) is 0 Å². The van der Waals surface area contributed by atoms with Gasteiger partial charge in [0.1, 0.15) is 18.1 Å². The first-order valence-electron chi connectivity index (χ1n) is 8.94. The van der Waals surface area contributed by atoms with Crippen molar-refractivity contribution in [3.8, 4) is 11.5 Å². The summed E-state index contributed by atoms with van der Waals surface area (Å²) in [6.45, 7) is 7.92. The van der Waals surface area contributed by atoms with E-state index in [1.54, 1.807) is 13.3 Å². The number of nitrogen functional groups attached to an aromatic ring is 1. The molecule has 0 fully saturated rings. The summed E-state index contributed by atoms with van der Waals surface area (Å²) in [6, 6.07) is 7.88. The molecule has 134 valence electrons. The summed E-state index contributed by atoms with van der Waals surface area (Å²) < 4.78 is 11.5. The van der Waals surface area contributed by atoms with Gasteiger partial charge in [0.2, 0.25) is 0 Å². The minimum Gasteiger partial charge on any atom is -0.497 e. The Morgan fingerprint density at radius 3 is 2.80 bits per heavy atom. The Morgan fingerprint density at radius 2 is 2.08 bits per heavy atom. The number of methoxy groups -OCH3 is 1. The molecule has 0 amide bonds. The zero-order valence-electron chi connectivity index (χ0n) is 15.3. The SMILES string of the molecule is CCN(CC)CCC1c2cc(OC)ccc2OCc2nccc(N)c21. The Hall–Kier alpha value is -2.27. The lowest BCUT2D eigenvalue weighted by Crippen LogP contribution is -2.25. The Labute approximate surface area is 149 Å². The van der Waals surface area contributed by atoms with Gasteiger partial charge in [-0.15, -0.1) is 0 Å². The van der Waals surface area contributed by atoms with Crippen LogP contribution in [0.2, 0.25) is 0 Å². The summed E-state index contributed by atoms with van der Waals surface area (Å²) in [5.74, 6) is 1.88. The van der Waals surface area contributed by atoms with E-state index in [0.717, 1.165) is 60.1 Å². The second-order valence-electron chi connectivity index (χ2n) is 6.32. The minimum absolute atomic E-state index is 0.150. The van der Waals surface area contributed by atoms with Crippen molar-refractivity contribution in [1.82, 2.24) is 9.88 Å². The summed E-state index contributed by atoms with van der Waals surface area (Å²) in [4.78, 5) is 6.96. The van der Waals surface area contributed by atoms with Crippen LogP contribution < -0.4 is 15.2 Å². The summed E-state index contributed by atoms with van der Waals surface area (Å²) in [7, 11) is 1.69. The van der Waals surface area contributed by atoms with Gasteiger partial charge < -0.3 is 20.1 Å². The molecule has 0 bridgehead atoms. The van der Waals surface area contributed by atoms with Crippen LogP contribution >= 0.6 is 0 Å². The van der Waals surface area contributed by atoms with Gasteiger partial charge >= 0.3 is 0 Å². The number of ether oxygens (including phenoxy) is 2. The summed E-state index contributed by atoms with van der Waals surface area (Å²) >= 11 is 0. The zero-order valence-corrected chi connectivity index (χ0v) is 15.3. The molecule has 1 aromatic heterocycles. The molecule has 1 unspecified atom stereocenters. The van der Waals surface area contributed by atoms with Crippen LogP contribution in [-0.4, -0.2) is 36.6 Å². The fourth-order valence-electron chi connectivity index (χ4n) is 3.56. The molecule has 2 aromatic rings. The third-order valence-electron chi connectivity index (χ3n) is 5.04. The molecule has 25 heavy (non-hydrogen) atoms. The highest BCUT2D eigenvalue weighted by Crippen LogP contribution is 2.42. The van der Waals surface area contributed by atoms with Gasteiger partial charge in [-0.05, 0) is 50.3 Å². The van der Waals surface area contributed by atoms with Crippen molar-refractivity contribution in [3.63, 3.8) is 0 Å². The Morgan fingerprint density at radius 1 is 1.28 bits per heavy atom. The molecule has 1 atom stereocenters. The highest BCUT2D eigenvalue weighted by molar-refractivity contribution is 5.57. The second kappa shape index (κ2) is 7.74. The second-order valence-corrected chi connectivity index (χ2v) is 6.32. The number of rotatable bonds is 6. The highest BCUT2D eigenvalue weighted by atomic mass is 16.5. The van der Waals surface area contributed by atoms with Gasteiger partial charge in [0.25, 0.3) is 0 Å². The standard InChI is InChI=1S/C20H27N3O2/c1-4-23(5-2)11-9-15-16-12-14(24-3)6-7-19(16)25-13-18-20(15)17(21)8-10-22-18/h6-8,10,12,15H,4-5,9,11,13H2,1-3H3,(H2,21,22). The molecule has 3 rings (SSSR count). The minimum atomic E-state index is 0.150. The Balaban J connectivity index is 2.06. The van der Waals surface area contributed by atoms with Gasteiger partial charge in [-0.1, -0.05) is 13.8 Å². The first-order valence-corrected chi connectivity index (χ1v) is 8.94. The molecule has 1 aliphatic heterocycles. The van der Waals surface area contributed by atoms with Crippen LogP contribution in [0.15, 0.2) is 30.5 Å². The molecule has 0 aliphatic carbocycles. The summed E-state index contributed by atoms with van der Waals surface area (Å²) in [5, 5.41) is 0. The van der Waals surface area contributed by atoms with Gasteiger partial charge in [-0.25, -0.2) is 0 Å². The Kier molecular flexibility index (Phi) is 5.43. The smallest absolute Gasteiger partial charge is 0.131 e. The quantitative estimate of drug-likeness (QED) is 0.872. The third-order valence-corrected chi connectivity index (χ3v) is 5.04. The number of benzene rings is 1. The maximum Gasteiger partial charge on any atom is 0.131 e. The largest absolute Gasteiger partial charge is 0.497 e. The number of anilines is 1.